The number of hydrogen-bond acceptors (Lipinski definition) is 4. The largest absolute Gasteiger partial charge is 0.474 e. The number of anilines is 1. The van der Waals surface area contributed by atoms with E-state index in [0.29, 0.717) is 6.10 Å². The van der Waals surface area contributed by atoms with Crippen molar-refractivity contribution in [3.63, 3.8) is 0 Å². The Labute approximate surface area is 116 Å². The van der Waals surface area contributed by atoms with Crippen LogP contribution in [0, 0.1) is 0 Å². The average Bonchev–Trinajstić information content (AvgIpc) is 2.68. The first-order valence-corrected chi connectivity index (χ1v) is 7.59. The zero-order chi connectivity index (χ0) is 13.5. The Morgan fingerprint density at radius 2 is 1.89 bits per heavy atom. The van der Waals surface area contributed by atoms with Crippen molar-refractivity contribution in [2.45, 2.75) is 64.9 Å². The predicted octanol–water partition coefficient (Wildman–Crippen LogP) is 3.57. The van der Waals surface area contributed by atoms with E-state index in [9.17, 15) is 0 Å². The molecule has 1 fully saturated rings. The molecule has 4 heteroatoms. The van der Waals surface area contributed by atoms with Gasteiger partial charge >= 0.3 is 0 Å². The van der Waals surface area contributed by atoms with Gasteiger partial charge in [0, 0.05) is 6.54 Å². The first-order chi connectivity index (χ1) is 9.35. The summed E-state index contributed by atoms with van der Waals surface area (Å²) in [4.78, 5) is 8.65. The van der Waals surface area contributed by atoms with Crippen molar-refractivity contribution in [2.75, 3.05) is 11.9 Å². The van der Waals surface area contributed by atoms with Crippen molar-refractivity contribution in [1.82, 2.24) is 9.97 Å². The lowest BCUT2D eigenvalue weighted by Gasteiger charge is -2.19. The highest BCUT2D eigenvalue weighted by molar-refractivity contribution is 5.48. The van der Waals surface area contributed by atoms with Crippen molar-refractivity contribution < 1.29 is 4.74 Å². The molecule has 0 unspecified atom stereocenters. The van der Waals surface area contributed by atoms with Crippen LogP contribution >= 0.6 is 0 Å². The summed E-state index contributed by atoms with van der Waals surface area (Å²) in [5.74, 6) is 1.70. The van der Waals surface area contributed by atoms with Crippen LogP contribution in [0.4, 0.5) is 5.82 Å². The molecule has 0 radical (unpaired) electrons. The maximum atomic E-state index is 6.15. The molecule has 0 atom stereocenters. The maximum absolute atomic E-state index is 6.15. The van der Waals surface area contributed by atoms with Gasteiger partial charge < -0.3 is 10.1 Å². The number of aromatic nitrogens is 2. The zero-order valence-electron chi connectivity index (χ0n) is 12.1. The molecule has 1 aromatic rings. The third kappa shape index (κ3) is 3.82. The number of nitrogens with one attached hydrogen (secondary N) is 1. The molecular formula is C15H25N3O. The molecule has 1 aliphatic carbocycles. The van der Waals surface area contributed by atoms with Gasteiger partial charge in [-0.25, -0.2) is 9.97 Å². The Morgan fingerprint density at radius 1 is 1.16 bits per heavy atom. The van der Waals surface area contributed by atoms with E-state index < -0.39 is 0 Å². The van der Waals surface area contributed by atoms with E-state index in [4.69, 9.17) is 4.74 Å². The van der Waals surface area contributed by atoms with Gasteiger partial charge in [-0.3, -0.25) is 0 Å². The SMILES string of the molecule is CCNc1ncnc(OC2CCCCCC2)c1CC. The quantitative estimate of drug-likeness (QED) is 0.825. The van der Waals surface area contributed by atoms with E-state index in [2.05, 4.69) is 29.1 Å². The fourth-order valence-electron chi connectivity index (χ4n) is 2.65. The summed E-state index contributed by atoms with van der Waals surface area (Å²) in [5.41, 5.74) is 1.11. The summed E-state index contributed by atoms with van der Waals surface area (Å²) in [6.45, 7) is 5.07. The molecule has 0 aromatic carbocycles. The van der Waals surface area contributed by atoms with E-state index in [1.165, 1.54) is 25.7 Å². The third-order valence-corrected chi connectivity index (χ3v) is 3.68. The van der Waals surface area contributed by atoms with Gasteiger partial charge in [-0.1, -0.05) is 19.8 Å². The van der Waals surface area contributed by atoms with Crippen LogP contribution in [0.1, 0.15) is 57.9 Å². The van der Waals surface area contributed by atoms with Crippen LogP contribution in [0.2, 0.25) is 0 Å². The van der Waals surface area contributed by atoms with Crippen LogP contribution < -0.4 is 10.1 Å². The molecule has 0 aliphatic heterocycles. The summed E-state index contributed by atoms with van der Waals surface area (Å²) in [6.07, 6.45) is 10.4. The van der Waals surface area contributed by atoms with Crippen LogP contribution in [0.3, 0.4) is 0 Å². The van der Waals surface area contributed by atoms with E-state index in [0.717, 1.165) is 43.1 Å². The Bertz CT molecular complexity index is 387. The lowest BCUT2D eigenvalue weighted by Crippen LogP contribution is -2.18. The lowest BCUT2D eigenvalue weighted by atomic mass is 10.1. The highest BCUT2D eigenvalue weighted by Gasteiger charge is 2.17. The van der Waals surface area contributed by atoms with Crippen LogP contribution in [0.5, 0.6) is 5.88 Å². The number of nitrogens with zero attached hydrogens (tertiary/aromatic N) is 2. The molecule has 0 saturated heterocycles. The van der Waals surface area contributed by atoms with Crippen LogP contribution in [-0.2, 0) is 6.42 Å². The number of hydrogen-bond donors (Lipinski definition) is 1. The van der Waals surface area contributed by atoms with E-state index in [1.54, 1.807) is 6.33 Å². The fourth-order valence-corrected chi connectivity index (χ4v) is 2.65. The van der Waals surface area contributed by atoms with Crippen LogP contribution in [-0.4, -0.2) is 22.6 Å². The molecule has 1 aliphatic rings. The minimum atomic E-state index is 0.331. The molecular weight excluding hydrogens is 238 g/mol. The second kappa shape index (κ2) is 7.31. The van der Waals surface area contributed by atoms with E-state index in [-0.39, 0.29) is 0 Å². The van der Waals surface area contributed by atoms with Crippen molar-refractivity contribution >= 4 is 5.82 Å². The first kappa shape index (κ1) is 14.1. The molecule has 1 saturated carbocycles. The van der Waals surface area contributed by atoms with Gasteiger partial charge in [-0.2, -0.15) is 0 Å². The Balaban J connectivity index is 2.11. The number of ether oxygens (including phenoxy) is 1. The molecule has 0 bridgehead atoms. The standard InChI is InChI=1S/C15H25N3O/c1-3-13-14(16-4-2)17-11-18-15(13)19-12-9-7-5-6-8-10-12/h11-12H,3-10H2,1-2H3,(H,16,17,18). The topological polar surface area (TPSA) is 47.0 Å². The molecule has 106 valence electrons. The molecule has 19 heavy (non-hydrogen) atoms. The summed E-state index contributed by atoms with van der Waals surface area (Å²) in [6, 6.07) is 0. The molecule has 2 rings (SSSR count). The minimum Gasteiger partial charge on any atom is -0.474 e. The second-order valence-corrected chi connectivity index (χ2v) is 5.12. The highest BCUT2D eigenvalue weighted by Crippen LogP contribution is 2.27. The minimum absolute atomic E-state index is 0.331. The van der Waals surface area contributed by atoms with E-state index >= 15 is 0 Å². The van der Waals surface area contributed by atoms with Crippen LogP contribution in [0.25, 0.3) is 0 Å². The maximum Gasteiger partial charge on any atom is 0.222 e. The molecule has 1 aromatic heterocycles. The Morgan fingerprint density at radius 3 is 2.53 bits per heavy atom. The molecule has 1 heterocycles. The highest BCUT2D eigenvalue weighted by atomic mass is 16.5. The monoisotopic (exact) mass is 263 g/mol. The van der Waals surface area contributed by atoms with Gasteiger partial charge in [0.2, 0.25) is 5.88 Å². The smallest absolute Gasteiger partial charge is 0.222 e. The van der Waals surface area contributed by atoms with Crippen molar-refractivity contribution in [1.29, 1.82) is 0 Å². The normalized spacial score (nSPS) is 16.9. The summed E-state index contributed by atoms with van der Waals surface area (Å²) >= 11 is 0. The van der Waals surface area contributed by atoms with Gasteiger partial charge in [0.25, 0.3) is 0 Å². The predicted molar refractivity (Wildman–Crippen MR) is 77.7 cm³/mol. The lowest BCUT2D eigenvalue weighted by molar-refractivity contribution is 0.174. The Hall–Kier alpha value is -1.32. The first-order valence-electron chi connectivity index (χ1n) is 7.59. The fraction of sp³-hybridized carbons (Fsp3) is 0.733. The molecule has 1 N–H and O–H groups in total. The van der Waals surface area contributed by atoms with Crippen molar-refractivity contribution in [3.05, 3.63) is 11.9 Å². The zero-order valence-corrected chi connectivity index (χ0v) is 12.1. The molecule has 0 amide bonds. The van der Waals surface area contributed by atoms with E-state index in [1.807, 2.05) is 0 Å². The molecule has 0 spiro atoms. The summed E-state index contributed by atoms with van der Waals surface area (Å²) in [7, 11) is 0. The second-order valence-electron chi connectivity index (χ2n) is 5.12. The van der Waals surface area contributed by atoms with Gasteiger partial charge in [0.05, 0.1) is 5.56 Å². The van der Waals surface area contributed by atoms with Gasteiger partial charge in [-0.15, -0.1) is 0 Å². The van der Waals surface area contributed by atoms with Gasteiger partial charge in [0.1, 0.15) is 18.2 Å². The van der Waals surface area contributed by atoms with Crippen LogP contribution in [0.15, 0.2) is 6.33 Å². The third-order valence-electron chi connectivity index (χ3n) is 3.68. The average molecular weight is 263 g/mol. The van der Waals surface area contributed by atoms with Gasteiger partial charge in [-0.05, 0) is 39.0 Å². The summed E-state index contributed by atoms with van der Waals surface area (Å²) < 4.78 is 6.15. The Kier molecular flexibility index (Phi) is 5.43. The van der Waals surface area contributed by atoms with Crippen molar-refractivity contribution in [2.24, 2.45) is 0 Å². The van der Waals surface area contributed by atoms with Crippen molar-refractivity contribution in [3.8, 4) is 5.88 Å². The van der Waals surface area contributed by atoms with Gasteiger partial charge in [0.15, 0.2) is 0 Å². The number of rotatable bonds is 5. The summed E-state index contributed by atoms with van der Waals surface area (Å²) in [5, 5.41) is 3.29. The molecule has 4 nitrogen and oxygen atoms in total.